The number of carbonyl (C=O) groups excluding carboxylic acids is 1. The third kappa shape index (κ3) is 3.68. The monoisotopic (exact) mass is 368 g/mol. The van der Waals surface area contributed by atoms with E-state index >= 15 is 0 Å². The van der Waals surface area contributed by atoms with Crippen LogP contribution in [0.2, 0.25) is 0 Å². The maximum atomic E-state index is 12.6. The fraction of sp³-hybridized carbons (Fsp3) is 0.500. The maximum absolute atomic E-state index is 12.6. The highest BCUT2D eigenvalue weighted by atomic mass is 32.2. The number of nitrogens with zero attached hydrogens (tertiary/aromatic N) is 1. The molecule has 25 heavy (non-hydrogen) atoms. The topological polar surface area (TPSA) is 113 Å². The number of benzene rings is 1. The normalized spacial score (nSPS) is 25.3. The minimum atomic E-state index is -3.68. The Kier molecular flexibility index (Phi) is 5.07. The smallest absolute Gasteiger partial charge is 0.331 e. The van der Waals surface area contributed by atoms with E-state index in [1.54, 1.807) is 30.3 Å². The van der Waals surface area contributed by atoms with Crippen LogP contribution in [0.15, 0.2) is 30.3 Å². The Bertz CT molecular complexity index is 745. The van der Waals surface area contributed by atoms with Crippen molar-refractivity contribution in [3.05, 3.63) is 35.9 Å². The molecule has 8 nitrogen and oxygen atoms in total. The zero-order chi connectivity index (χ0) is 18.0. The number of ether oxygens (including phenoxy) is 1. The number of carboxylic acid groups (broad SMARTS) is 1. The summed E-state index contributed by atoms with van der Waals surface area (Å²) in [6.07, 6.45) is 0.629. The Morgan fingerprint density at radius 2 is 2.00 bits per heavy atom. The molecule has 0 aliphatic carbocycles. The van der Waals surface area contributed by atoms with Crippen molar-refractivity contribution >= 4 is 21.9 Å². The lowest BCUT2D eigenvalue weighted by Gasteiger charge is -2.25. The minimum absolute atomic E-state index is 0.113. The van der Waals surface area contributed by atoms with Gasteiger partial charge in [-0.2, -0.15) is 0 Å². The lowest BCUT2D eigenvalue weighted by atomic mass is 10.1. The van der Waals surface area contributed by atoms with Crippen molar-refractivity contribution in [2.24, 2.45) is 0 Å². The molecule has 2 saturated heterocycles. The van der Waals surface area contributed by atoms with Gasteiger partial charge in [0, 0.05) is 13.2 Å². The molecule has 2 N–H and O–H groups in total. The summed E-state index contributed by atoms with van der Waals surface area (Å²) in [6.45, 7) is 0.673. The van der Waals surface area contributed by atoms with E-state index in [4.69, 9.17) is 4.74 Å². The number of hydrogen-bond donors (Lipinski definition) is 2. The van der Waals surface area contributed by atoms with Gasteiger partial charge in [-0.25, -0.2) is 17.9 Å². The molecule has 2 aliphatic rings. The molecule has 0 spiro atoms. The van der Waals surface area contributed by atoms with Crippen LogP contribution < -0.4 is 4.72 Å². The van der Waals surface area contributed by atoms with Gasteiger partial charge in [-0.15, -0.1) is 0 Å². The standard InChI is InChI=1S/C16H20N2O6S/c19-15-13(17-25(22,23)12-7-9-24-10-12)6-8-18(15)14(16(20)21)11-4-2-1-3-5-11/h1-5,12-14,17H,6-10H2,(H,20,21). The molecular formula is C16H20N2O6S. The van der Waals surface area contributed by atoms with Crippen LogP contribution in [0.25, 0.3) is 0 Å². The molecule has 2 heterocycles. The predicted octanol–water partition coefficient (Wildman–Crippen LogP) is 0.122. The first-order valence-corrected chi connectivity index (χ1v) is 9.62. The number of rotatable bonds is 6. The van der Waals surface area contributed by atoms with E-state index in [2.05, 4.69) is 4.72 Å². The second kappa shape index (κ2) is 7.11. The summed E-state index contributed by atoms with van der Waals surface area (Å²) in [6, 6.07) is 6.38. The van der Waals surface area contributed by atoms with E-state index in [1.807, 2.05) is 0 Å². The number of aliphatic carboxylic acids is 1. The number of carboxylic acids is 1. The molecule has 0 radical (unpaired) electrons. The van der Waals surface area contributed by atoms with Crippen molar-refractivity contribution in [3.63, 3.8) is 0 Å². The number of nitrogens with one attached hydrogen (secondary N) is 1. The molecule has 3 atom stereocenters. The molecular weight excluding hydrogens is 348 g/mol. The predicted molar refractivity (Wildman–Crippen MR) is 88.2 cm³/mol. The number of sulfonamides is 1. The van der Waals surface area contributed by atoms with Crippen LogP contribution in [0.1, 0.15) is 24.4 Å². The zero-order valence-corrected chi connectivity index (χ0v) is 14.3. The van der Waals surface area contributed by atoms with Crippen molar-refractivity contribution in [2.75, 3.05) is 19.8 Å². The molecule has 0 bridgehead atoms. The van der Waals surface area contributed by atoms with Crippen molar-refractivity contribution in [3.8, 4) is 0 Å². The molecule has 1 aromatic rings. The fourth-order valence-electron chi connectivity index (χ4n) is 3.21. The number of hydrogen-bond acceptors (Lipinski definition) is 5. The number of likely N-dealkylation sites (tertiary alicyclic amines) is 1. The molecule has 3 unspecified atom stereocenters. The lowest BCUT2D eigenvalue weighted by molar-refractivity contribution is -0.149. The molecule has 2 aliphatic heterocycles. The molecule has 2 fully saturated rings. The van der Waals surface area contributed by atoms with Gasteiger partial charge in [0.25, 0.3) is 0 Å². The maximum Gasteiger partial charge on any atom is 0.331 e. The summed E-state index contributed by atoms with van der Waals surface area (Å²) < 4.78 is 32.2. The van der Waals surface area contributed by atoms with Crippen molar-refractivity contribution < 1.29 is 27.9 Å². The first-order chi connectivity index (χ1) is 11.9. The van der Waals surface area contributed by atoms with E-state index in [0.29, 0.717) is 18.6 Å². The van der Waals surface area contributed by atoms with Crippen LogP contribution in [0, 0.1) is 0 Å². The Morgan fingerprint density at radius 3 is 2.60 bits per heavy atom. The summed E-state index contributed by atoms with van der Waals surface area (Å²) in [7, 11) is -3.68. The quantitative estimate of drug-likeness (QED) is 0.737. The van der Waals surface area contributed by atoms with Gasteiger partial charge in [-0.05, 0) is 18.4 Å². The van der Waals surface area contributed by atoms with E-state index in [1.165, 1.54) is 4.90 Å². The van der Waals surface area contributed by atoms with Gasteiger partial charge in [-0.1, -0.05) is 30.3 Å². The number of amides is 1. The van der Waals surface area contributed by atoms with Gasteiger partial charge in [0.2, 0.25) is 15.9 Å². The highest BCUT2D eigenvalue weighted by Crippen LogP contribution is 2.27. The third-order valence-corrected chi connectivity index (χ3v) is 6.40. The molecule has 1 aromatic carbocycles. The van der Waals surface area contributed by atoms with Gasteiger partial charge in [-0.3, -0.25) is 4.79 Å². The van der Waals surface area contributed by atoms with Crippen molar-refractivity contribution in [1.82, 2.24) is 9.62 Å². The largest absolute Gasteiger partial charge is 0.479 e. The van der Waals surface area contributed by atoms with Crippen LogP contribution in [-0.4, -0.2) is 61.4 Å². The van der Waals surface area contributed by atoms with Gasteiger partial charge < -0.3 is 14.7 Å². The Hall–Kier alpha value is -1.97. The highest BCUT2D eigenvalue weighted by Gasteiger charge is 2.42. The summed E-state index contributed by atoms with van der Waals surface area (Å²) in [5.74, 6) is -1.66. The SMILES string of the molecule is O=C(O)C(c1ccccc1)N1CCC(NS(=O)(=O)C2CCOC2)C1=O. The fourth-order valence-corrected chi connectivity index (χ4v) is 4.70. The first kappa shape index (κ1) is 17.8. The minimum Gasteiger partial charge on any atom is -0.479 e. The van der Waals surface area contributed by atoms with Crippen LogP contribution >= 0.6 is 0 Å². The van der Waals surface area contributed by atoms with E-state index in [0.717, 1.165) is 0 Å². The third-order valence-electron chi connectivity index (χ3n) is 4.53. The summed E-state index contributed by atoms with van der Waals surface area (Å²) in [5.41, 5.74) is 0.482. The van der Waals surface area contributed by atoms with E-state index in [9.17, 15) is 23.1 Å². The summed E-state index contributed by atoms with van der Waals surface area (Å²) in [5, 5.41) is 8.88. The summed E-state index contributed by atoms with van der Waals surface area (Å²) >= 11 is 0. The van der Waals surface area contributed by atoms with E-state index < -0.39 is 39.2 Å². The number of carbonyl (C=O) groups is 2. The van der Waals surface area contributed by atoms with Gasteiger partial charge >= 0.3 is 5.97 Å². The van der Waals surface area contributed by atoms with Crippen LogP contribution in [-0.2, 0) is 24.3 Å². The van der Waals surface area contributed by atoms with Gasteiger partial charge in [0.15, 0.2) is 6.04 Å². The van der Waals surface area contributed by atoms with Gasteiger partial charge in [0.1, 0.15) is 11.3 Å². The molecule has 0 aromatic heterocycles. The zero-order valence-electron chi connectivity index (χ0n) is 13.5. The average Bonchev–Trinajstić information content (AvgIpc) is 3.22. The average molecular weight is 368 g/mol. The van der Waals surface area contributed by atoms with Crippen molar-refractivity contribution in [1.29, 1.82) is 0 Å². The molecule has 9 heteroatoms. The lowest BCUT2D eigenvalue weighted by Crippen LogP contribution is -2.46. The molecule has 136 valence electrons. The Balaban J connectivity index is 1.75. The summed E-state index contributed by atoms with van der Waals surface area (Å²) in [4.78, 5) is 25.5. The second-order valence-corrected chi connectivity index (χ2v) is 8.17. The van der Waals surface area contributed by atoms with Crippen LogP contribution in [0.5, 0.6) is 0 Å². The molecule has 3 rings (SSSR count). The van der Waals surface area contributed by atoms with Gasteiger partial charge in [0.05, 0.1) is 6.61 Å². The second-order valence-electron chi connectivity index (χ2n) is 6.17. The first-order valence-electron chi connectivity index (χ1n) is 8.07. The Labute approximate surface area is 145 Å². The van der Waals surface area contributed by atoms with E-state index in [-0.39, 0.29) is 19.6 Å². The highest BCUT2D eigenvalue weighted by molar-refractivity contribution is 7.90. The molecule has 1 amide bonds. The Morgan fingerprint density at radius 1 is 1.28 bits per heavy atom. The molecule has 0 saturated carbocycles. The van der Waals surface area contributed by atoms with Crippen LogP contribution in [0.3, 0.4) is 0 Å². The van der Waals surface area contributed by atoms with Crippen molar-refractivity contribution in [2.45, 2.75) is 30.2 Å². The van der Waals surface area contributed by atoms with Crippen LogP contribution in [0.4, 0.5) is 0 Å².